The van der Waals surface area contributed by atoms with Crippen LogP contribution in [-0.2, 0) is 9.59 Å². The first-order valence-electron chi connectivity index (χ1n) is 2.87. The molecule has 2 amide bonds. The van der Waals surface area contributed by atoms with E-state index in [0.29, 0.717) is 0 Å². The molecule has 1 atom stereocenters. The molecular weight excluding hydrogens is 170 g/mol. The average molecular weight is 182 g/mol. The van der Waals surface area contributed by atoms with E-state index in [9.17, 15) is 9.59 Å². The molecule has 66 valence electrons. The lowest BCUT2D eigenvalue weighted by molar-refractivity contribution is -0.120. The van der Waals surface area contributed by atoms with Crippen LogP contribution in [0.1, 0.15) is 12.8 Å². The largest absolute Gasteiger partial charge is 0.370 e. The molecule has 0 saturated carbocycles. The first-order chi connectivity index (χ1) is 4.54. The van der Waals surface area contributed by atoms with Crippen molar-refractivity contribution in [1.29, 1.82) is 0 Å². The zero-order valence-electron chi connectivity index (χ0n) is 5.95. The Morgan fingerprint density at radius 1 is 1.27 bits per heavy atom. The number of primary amides is 2. The van der Waals surface area contributed by atoms with Crippen LogP contribution in [0.2, 0.25) is 0 Å². The summed E-state index contributed by atoms with van der Waals surface area (Å²) < 4.78 is 0. The van der Waals surface area contributed by atoms with E-state index in [4.69, 9.17) is 17.2 Å². The molecule has 0 spiro atoms. The molecule has 0 rings (SSSR count). The van der Waals surface area contributed by atoms with Crippen LogP contribution in [-0.4, -0.2) is 17.9 Å². The molecule has 0 aromatic rings. The SMILES string of the molecule is Cl.NC(=O)CCC(N)C(N)=O. The summed E-state index contributed by atoms with van der Waals surface area (Å²) in [6, 6.07) is -0.757. The number of carbonyl (C=O) groups is 2. The molecule has 5 nitrogen and oxygen atoms in total. The van der Waals surface area contributed by atoms with E-state index in [-0.39, 0.29) is 25.2 Å². The Balaban J connectivity index is 0. The van der Waals surface area contributed by atoms with E-state index in [1.165, 1.54) is 0 Å². The van der Waals surface area contributed by atoms with Gasteiger partial charge < -0.3 is 17.2 Å². The molecule has 0 aromatic carbocycles. The van der Waals surface area contributed by atoms with Crippen molar-refractivity contribution >= 4 is 24.2 Å². The Bertz CT molecular complexity index is 151. The van der Waals surface area contributed by atoms with E-state index in [0.717, 1.165) is 0 Å². The van der Waals surface area contributed by atoms with Crippen molar-refractivity contribution in [3.8, 4) is 0 Å². The quantitative estimate of drug-likeness (QED) is 0.490. The minimum atomic E-state index is -0.757. The summed E-state index contributed by atoms with van der Waals surface area (Å²) in [5.41, 5.74) is 14.8. The van der Waals surface area contributed by atoms with Gasteiger partial charge in [-0.25, -0.2) is 0 Å². The molecule has 0 aliphatic rings. The molecule has 0 radical (unpaired) electrons. The number of carbonyl (C=O) groups excluding carboxylic acids is 2. The third kappa shape index (κ3) is 7.08. The predicted octanol–water partition coefficient (Wildman–Crippen LogP) is -1.51. The Kier molecular flexibility index (Phi) is 6.92. The Morgan fingerprint density at radius 3 is 2.00 bits per heavy atom. The lowest BCUT2D eigenvalue weighted by atomic mass is 10.1. The second-order valence-electron chi connectivity index (χ2n) is 2.01. The standard InChI is InChI=1S/C5H11N3O2.ClH/c6-3(5(8)10)1-2-4(7)9;/h3H,1-2,6H2,(H2,7,9)(H2,8,10);1H. The van der Waals surface area contributed by atoms with Gasteiger partial charge in [0, 0.05) is 6.42 Å². The van der Waals surface area contributed by atoms with Gasteiger partial charge in [0.25, 0.3) is 0 Å². The number of amides is 2. The van der Waals surface area contributed by atoms with Crippen LogP contribution < -0.4 is 17.2 Å². The molecule has 0 aliphatic carbocycles. The summed E-state index contributed by atoms with van der Waals surface area (Å²) in [5, 5.41) is 0. The molecule has 1 unspecified atom stereocenters. The van der Waals surface area contributed by atoms with Crippen molar-refractivity contribution in [3.63, 3.8) is 0 Å². The highest BCUT2D eigenvalue weighted by atomic mass is 35.5. The van der Waals surface area contributed by atoms with Crippen molar-refractivity contribution in [2.24, 2.45) is 17.2 Å². The first-order valence-corrected chi connectivity index (χ1v) is 2.87. The fourth-order valence-electron chi connectivity index (χ4n) is 0.440. The summed E-state index contributed by atoms with van der Waals surface area (Å²) >= 11 is 0. The van der Waals surface area contributed by atoms with Gasteiger partial charge in [0.2, 0.25) is 11.8 Å². The van der Waals surface area contributed by atoms with Crippen molar-refractivity contribution < 1.29 is 9.59 Å². The topological polar surface area (TPSA) is 112 Å². The van der Waals surface area contributed by atoms with Crippen molar-refractivity contribution in [2.75, 3.05) is 0 Å². The molecule has 11 heavy (non-hydrogen) atoms. The molecule has 0 aliphatic heterocycles. The van der Waals surface area contributed by atoms with Gasteiger partial charge in [-0.1, -0.05) is 0 Å². The summed E-state index contributed by atoms with van der Waals surface area (Å²) in [4.78, 5) is 20.4. The highest BCUT2D eigenvalue weighted by Gasteiger charge is 2.09. The van der Waals surface area contributed by atoms with Crippen LogP contribution in [0.15, 0.2) is 0 Å². The van der Waals surface area contributed by atoms with Gasteiger partial charge in [-0.05, 0) is 6.42 Å². The number of hydrogen-bond donors (Lipinski definition) is 3. The Labute approximate surface area is 70.7 Å². The molecule has 6 heteroatoms. The Hall–Kier alpha value is -0.810. The van der Waals surface area contributed by atoms with Gasteiger partial charge in [-0.15, -0.1) is 12.4 Å². The minimum absolute atomic E-state index is 0. The third-order valence-corrected chi connectivity index (χ3v) is 1.07. The van der Waals surface area contributed by atoms with E-state index < -0.39 is 17.9 Å². The van der Waals surface area contributed by atoms with Crippen LogP contribution >= 0.6 is 12.4 Å². The van der Waals surface area contributed by atoms with Crippen LogP contribution in [0.4, 0.5) is 0 Å². The van der Waals surface area contributed by atoms with Crippen LogP contribution in [0.3, 0.4) is 0 Å². The summed E-state index contributed by atoms with van der Waals surface area (Å²) in [7, 11) is 0. The van der Waals surface area contributed by atoms with Gasteiger partial charge in [0.1, 0.15) is 0 Å². The smallest absolute Gasteiger partial charge is 0.234 e. The number of hydrogen-bond acceptors (Lipinski definition) is 3. The van der Waals surface area contributed by atoms with E-state index in [1.54, 1.807) is 0 Å². The van der Waals surface area contributed by atoms with Gasteiger partial charge in [-0.3, -0.25) is 9.59 Å². The summed E-state index contributed by atoms with van der Waals surface area (Å²) in [6.07, 6.45) is 0.328. The van der Waals surface area contributed by atoms with Gasteiger partial charge in [-0.2, -0.15) is 0 Å². The highest BCUT2D eigenvalue weighted by Crippen LogP contribution is 1.91. The summed E-state index contributed by atoms with van der Waals surface area (Å²) in [6.45, 7) is 0. The second kappa shape index (κ2) is 5.94. The Morgan fingerprint density at radius 2 is 1.73 bits per heavy atom. The molecule has 0 saturated heterocycles. The lowest BCUT2D eigenvalue weighted by Crippen LogP contribution is -2.37. The maximum absolute atomic E-state index is 10.3. The third-order valence-electron chi connectivity index (χ3n) is 1.07. The van der Waals surface area contributed by atoms with E-state index in [1.807, 2.05) is 0 Å². The molecule has 6 N–H and O–H groups in total. The van der Waals surface area contributed by atoms with Gasteiger partial charge >= 0.3 is 0 Å². The molecular formula is C5H12ClN3O2. The molecule has 0 fully saturated rings. The van der Waals surface area contributed by atoms with Crippen molar-refractivity contribution in [3.05, 3.63) is 0 Å². The van der Waals surface area contributed by atoms with Crippen molar-refractivity contribution in [2.45, 2.75) is 18.9 Å². The fourth-order valence-corrected chi connectivity index (χ4v) is 0.440. The monoisotopic (exact) mass is 181 g/mol. The fraction of sp³-hybridized carbons (Fsp3) is 0.600. The molecule has 0 heterocycles. The zero-order valence-corrected chi connectivity index (χ0v) is 6.76. The molecule has 0 bridgehead atoms. The first kappa shape index (κ1) is 12.8. The van der Waals surface area contributed by atoms with E-state index in [2.05, 4.69) is 0 Å². The second-order valence-corrected chi connectivity index (χ2v) is 2.01. The minimum Gasteiger partial charge on any atom is -0.370 e. The van der Waals surface area contributed by atoms with E-state index >= 15 is 0 Å². The number of halogens is 1. The zero-order chi connectivity index (χ0) is 8.15. The van der Waals surface area contributed by atoms with Crippen LogP contribution in [0, 0.1) is 0 Å². The average Bonchev–Trinajstić information content (AvgIpc) is 1.82. The van der Waals surface area contributed by atoms with Gasteiger partial charge in [0.15, 0.2) is 0 Å². The van der Waals surface area contributed by atoms with Crippen LogP contribution in [0.25, 0.3) is 0 Å². The summed E-state index contributed by atoms with van der Waals surface area (Å²) in [5.74, 6) is -1.09. The van der Waals surface area contributed by atoms with Crippen molar-refractivity contribution in [1.82, 2.24) is 0 Å². The molecule has 0 aromatic heterocycles. The lowest BCUT2D eigenvalue weighted by Gasteiger charge is -2.03. The van der Waals surface area contributed by atoms with Gasteiger partial charge in [0.05, 0.1) is 6.04 Å². The maximum Gasteiger partial charge on any atom is 0.234 e. The highest BCUT2D eigenvalue weighted by molar-refractivity contribution is 5.85. The normalized spacial score (nSPS) is 11.4. The predicted molar refractivity (Wildman–Crippen MR) is 42.8 cm³/mol. The number of rotatable bonds is 4. The van der Waals surface area contributed by atoms with Crippen LogP contribution in [0.5, 0.6) is 0 Å². The number of nitrogens with two attached hydrogens (primary N) is 3. The maximum atomic E-state index is 10.3.